The maximum atomic E-state index is 12.1. The summed E-state index contributed by atoms with van der Waals surface area (Å²) >= 11 is 1.71. The molecule has 0 radical (unpaired) electrons. The van der Waals surface area contributed by atoms with Crippen molar-refractivity contribution in [2.75, 3.05) is 18.8 Å². The van der Waals surface area contributed by atoms with Crippen molar-refractivity contribution >= 4 is 28.9 Å². The first-order valence-corrected chi connectivity index (χ1v) is 9.22. The van der Waals surface area contributed by atoms with E-state index >= 15 is 0 Å². The van der Waals surface area contributed by atoms with Crippen LogP contribution in [0.4, 0.5) is 4.79 Å². The predicted molar refractivity (Wildman–Crippen MR) is 96.2 cm³/mol. The van der Waals surface area contributed by atoms with Gasteiger partial charge in [0.2, 0.25) is 0 Å². The third kappa shape index (κ3) is 4.38. The van der Waals surface area contributed by atoms with Crippen molar-refractivity contribution in [3.63, 3.8) is 0 Å². The van der Waals surface area contributed by atoms with Crippen molar-refractivity contribution in [2.24, 2.45) is 5.92 Å². The molecule has 0 N–H and O–H groups in total. The second-order valence-electron chi connectivity index (χ2n) is 7.09. The average Bonchev–Trinajstić information content (AvgIpc) is 3.00. The smallest absolute Gasteiger partial charge is 0.410 e. The highest BCUT2D eigenvalue weighted by Crippen LogP contribution is 2.26. The van der Waals surface area contributed by atoms with E-state index in [0.29, 0.717) is 5.92 Å². The SMILES string of the molecule is CC(C)(C)OC(=O)N1CCC(CSc2cnc3ccccc3n2)C1. The van der Waals surface area contributed by atoms with E-state index in [9.17, 15) is 4.79 Å². The zero-order chi connectivity index (χ0) is 17.2. The molecule has 1 unspecified atom stereocenters. The maximum absolute atomic E-state index is 12.1. The van der Waals surface area contributed by atoms with Crippen LogP contribution >= 0.6 is 11.8 Å². The van der Waals surface area contributed by atoms with Crippen molar-refractivity contribution in [3.05, 3.63) is 30.5 Å². The summed E-state index contributed by atoms with van der Waals surface area (Å²) in [6, 6.07) is 7.88. The minimum atomic E-state index is -0.440. The van der Waals surface area contributed by atoms with Gasteiger partial charge in [0.25, 0.3) is 0 Å². The number of likely N-dealkylation sites (tertiary alicyclic amines) is 1. The van der Waals surface area contributed by atoms with Gasteiger partial charge in [-0.15, -0.1) is 11.8 Å². The van der Waals surface area contributed by atoms with Crippen LogP contribution in [0.5, 0.6) is 0 Å². The molecular weight excluding hydrogens is 322 g/mol. The largest absolute Gasteiger partial charge is 0.444 e. The number of carbonyl (C=O) groups excluding carboxylic acids is 1. The van der Waals surface area contributed by atoms with Gasteiger partial charge in [0.05, 0.1) is 17.2 Å². The van der Waals surface area contributed by atoms with Gasteiger partial charge in [0, 0.05) is 18.8 Å². The number of rotatable bonds is 3. The van der Waals surface area contributed by atoms with Crippen LogP contribution in [0.3, 0.4) is 0 Å². The van der Waals surface area contributed by atoms with Crippen LogP contribution in [0.2, 0.25) is 0 Å². The summed E-state index contributed by atoms with van der Waals surface area (Å²) in [4.78, 5) is 23.0. The molecule has 2 aromatic rings. The Morgan fingerprint density at radius 1 is 1.33 bits per heavy atom. The Kier molecular flexibility index (Phi) is 4.94. The van der Waals surface area contributed by atoms with Gasteiger partial charge < -0.3 is 9.64 Å². The van der Waals surface area contributed by atoms with E-state index in [1.54, 1.807) is 11.8 Å². The lowest BCUT2D eigenvalue weighted by Crippen LogP contribution is -2.35. The Morgan fingerprint density at radius 3 is 2.83 bits per heavy atom. The van der Waals surface area contributed by atoms with Gasteiger partial charge in [0.15, 0.2) is 0 Å². The maximum Gasteiger partial charge on any atom is 0.410 e. The number of ether oxygens (including phenoxy) is 1. The number of benzene rings is 1. The summed E-state index contributed by atoms with van der Waals surface area (Å²) in [5.41, 5.74) is 1.40. The number of hydrogen-bond donors (Lipinski definition) is 0. The van der Waals surface area contributed by atoms with Gasteiger partial charge in [-0.25, -0.2) is 9.78 Å². The number of aromatic nitrogens is 2. The molecule has 1 saturated heterocycles. The fourth-order valence-electron chi connectivity index (χ4n) is 2.67. The standard InChI is InChI=1S/C18H23N3O2S/c1-18(2,3)23-17(22)21-9-8-13(11-21)12-24-16-10-19-14-6-4-5-7-15(14)20-16/h4-7,10,13H,8-9,11-12H2,1-3H3. The van der Waals surface area contributed by atoms with Crippen molar-refractivity contribution in [1.82, 2.24) is 14.9 Å². The fraction of sp³-hybridized carbons (Fsp3) is 0.500. The topological polar surface area (TPSA) is 55.3 Å². The Morgan fingerprint density at radius 2 is 2.08 bits per heavy atom. The van der Waals surface area contributed by atoms with E-state index in [2.05, 4.69) is 9.97 Å². The second kappa shape index (κ2) is 6.97. The molecule has 1 aliphatic rings. The minimum absolute atomic E-state index is 0.208. The van der Waals surface area contributed by atoms with Gasteiger partial charge in [-0.1, -0.05) is 12.1 Å². The molecule has 0 bridgehead atoms. The highest BCUT2D eigenvalue weighted by Gasteiger charge is 2.29. The van der Waals surface area contributed by atoms with E-state index in [1.807, 2.05) is 56.1 Å². The van der Waals surface area contributed by atoms with Gasteiger partial charge in [-0.2, -0.15) is 0 Å². The van der Waals surface area contributed by atoms with Crippen LogP contribution in [-0.2, 0) is 4.74 Å². The zero-order valence-corrected chi connectivity index (χ0v) is 15.2. The summed E-state index contributed by atoms with van der Waals surface area (Å²) in [7, 11) is 0. The van der Waals surface area contributed by atoms with Crippen LogP contribution < -0.4 is 0 Å². The molecule has 1 amide bonds. The van der Waals surface area contributed by atoms with Crippen molar-refractivity contribution in [2.45, 2.75) is 37.8 Å². The lowest BCUT2D eigenvalue weighted by molar-refractivity contribution is 0.0289. The number of hydrogen-bond acceptors (Lipinski definition) is 5. The van der Waals surface area contributed by atoms with Gasteiger partial charge >= 0.3 is 6.09 Å². The summed E-state index contributed by atoms with van der Waals surface area (Å²) in [6.07, 6.45) is 2.63. The Labute approximate surface area is 146 Å². The zero-order valence-electron chi connectivity index (χ0n) is 14.4. The molecule has 6 heteroatoms. The molecular formula is C18H23N3O2S. The first-order valence-electron chi connectivity index (χ1n) is 8.23. The van der Waals surface area contributed by atoms with Crippen molar-refractivity contribution < 1.29 is 9.53 Å². The Hall–Kier alpha value is -1.82. The first kappa shape index (κ1) is 17.0. The highest BCUT2D eigenvalue weighted by molar-refractivity contribution is 7.99. The summed E-state index contributed by atoms with van der Waals surface area (Å²) in [6.45, 7) is 7.21. The molecule has 0 spiro atoms. The lowest BCUT2D eigenvalue weighted by atomic mass is 10.2. The number of amides is 1. The highest BCUT2D eigenvalue weighted by atomic mass is 32.2. The van der Waals surface area contributed by atoms with E-state index in [0.717, 1.165) is 41.3 Å². The molecule has 2 heterocycles. The molecule has 1 aromatic carbocycles. The summed E-state index contributed by atoms with van der Waals surface area (Å²) in [5.74, 6) is 1.41. The number of carbonyl (C=O) groups is 1. The molecule has 3 rings (SSSR count). The molecule has 1 fully saturated rings. The van der Waals surface area contributed by atoms with E-state index in [1.165, 1.54) is 0 Å². The van der Waals surface area contributed by atoms with Crippen LogP contribution in [0, 0.1) is 5.92 Å². The Bertz CT molecular complexity index is 730. The second-order valence-corrected chi connectivity index (χ2v) is 8.13. The lowest BCUT2D eigenvalue weighted by Gasteiger charge is -2.24. The molecule has 24 heavy (non-hydrogen) atoms. The normalized spacial score (nSPS) is 18.1. The average molecular weight is 345 g/mol. The predicted octanol–water partition coefficient (Wildman–Crippen LogP) is 3.98. The third-order valence-electron chi connectivity index (χ3n) is 3.83. The third-order valence-corrected chi connectivity index (χ3v) is 4.96. The number of fused-ring (bicyclic) bond motifs is 1. The quantitative estimate of drug-likeness (QED) is 0.788. The van der Waals surface area contributed by atoms with Gasteiger partial charge in [-0.05, 0) is 45.2 Å². The number of nitrogens with zero attached hydrogens (tertiary/aromatic N) is 3. The van der Waals surface area contributed by atoms with E-state index < -0.39 is 5.60 Å². The van der Waals surface area contributed by atoms with Gasteiger partial charge in [-0.3, -0.25) is 4.98 Å². The van der Waals surface area contributed by atoms with Crippen LogP contribution in [-0.4, -0.2) is 45.4 Å². The van der Waals surface area contributed by atoms with Crippen LogP contribution in [0.15, 0.2) is 35.5 Å². The van der Waals surface area contributed by atoms with Gasteiger partial charge in [0.1, 0.15) is 10.6 Å². The summed E-state index contributed by atoms with van der Waals surface area (Å²) < 4.78 is 5.44. The van der Waals surface area contributed by atoms with Crippen molar-refractivity contribution in [1.29, 1.82) is 0 Å². The summed E-state index contributed by atoms with van der Waals surface area (Å²) in [5, 5.41) is 0.935. The molecule has 0 aliphatic carbocycles. The van der Waals surface area contributed by atoms with E-state index in [-0.39, 0.29) is 6.09 Å². The first-order chi connectivity index (χ1) is 11.4. The molecule has 1 aliphatic heterocycles. The van der Waals surface area contributed by atoms with Crippen LogP contribution in [0.1, 0.15) is 27.2 Å². The minimum Gasteiger partial charge on any atom is -0.444 e. The molecule has 128 valence electrons. The van der Waals surface area contributed by atoms with Crippen molar-refractivity contribution in [3.8, 4) is 0 Å². The van der Waals surface area contributed by atoms with E-state index in [4.69, 9.17) is 4.74 Å². The molecule has 1 atom stereocenters. The molecule has 1 aromatic heterocycles. The molecule has 0 saturated carbocycles. The number of para-hydroxylation sites is 2. The number of thioether (sulfide) groups is 1. The Balaban J connectivity index is 1.53. The fourth-order valence-corrected chi connectivity index (χ4v) is 3.64. The monoisotopic (exact) mass is 345 g/mol. The van der Waals surface area contributed by atoms with Crippen LogP contribution in [0.25, 0.3) is 11.0 Å². The molecule has 5 nitrogen and oxygen atoms in total.